The van der Waals surface area contributed by atoms with Crippen LogP contribution in [0.5, 0.6) is 0 Å². The molecule has 2 atom stereocenters. The Morgan fingerprint density at radius 1 is 1.37 bits per heavy atom. The average Bonchev–Trinajstić information content (AvgIpc) is 3.14. The SMILES string of the molecule is O=C(Cn1cc(C2CC2)nn1)NC1CCCCC1O. The van der Waals surface area contributed by atoms with Gasteiger partial charge in [0.1, 0.15) is 6.54 Å². The van der Waals surface area contributed by atoms with Gasteiger partial charge in [-0.05, 0) is 25.7 Å². The van der Waals surface area contributed by atoms with Crippen molar-refractivity contribution in [2.75, 3.05) is 0 Å². The van der Waals surface area contributed by atoms with Gasteiger partial charge in [-0.15, -0.1) is 5.10 Å². The summed E-state index contributed by atoms with van der Waals surface area (Å²) in [6, 6.07) is -0.104. The summed E-state index contributed by atoms with van der Waals surface area (Å²) in [7, 11) is 0. The Morgan fingerprint density at radius 3 is 2.89 bits per heavy atom. The predicted octanol–water partition coefficient (Wildman–Crippen LogP) is 0.575. The fraction of sp³-hybridized carbons (Fsp3) is 0.769. The molecule has 6 heteroatoms. The van der Waals surface area contributed by atoms with Crippen LogP contribution in [-0.2, 0) is 11.3 Å². The second kappa shape index (κ2) is 5.28. The number of hydrogen-bond acceptors (Lipinski definition) is 4. The zero-order chi connectivity index (χ0) is 13.2. The number of aliphatic hydroxyl groups is 1. The Balaban J connectivity index is 1.52. The third-order valence-corrected chi connectivity index (χ3v) is 3.93. The van der Waals surface area contributed by atoms with Gasteiger partial charge in [-0.25, -0.2) is 4.68 Å². The quantitative estimate of drug-likeness (QED) is 0.833. The Morgan fingerprint density at radius 2 is 2.16 bits per heavy atom. The molecule has 104 valence electrons. The maximum Gasteiger partial charge on any atom is 0.242 e. The van der Waals surface area contributed by atoms with Gasteiger partial charge >= 0.3 is 0 Å². The zero-order valence-electron chi connectivity index (χ0n) is 11.0. The molecule has 1 aromatic rings. The molecule has 0 aliphatic heterocycles. The van der Waals surface area contributed by atoms with E-state index in [1.165, 1.54) is 12.8 Å². The molecule has 0 bridgehead atoms. The average molecular weight is 264 g/mol. The third-order valence-electron chi connectivity index (χ3n) is 3.93. The van der Waals surface area contributed by atoms with Crippen LogP contribution in [0.2, 0.25) is 0 Å². The van der Waals surface area contributed by atoms with E-state index in [4.69, 9.17) is 0 Å². The van der Waals surface area contributed by atoms with Crippen LogP contribution in [0.25, 0.3) is 0 Å². The lowest BCUT2D eigenvalue weighted by molar-refractivity contribution is -0.123. The van der Waals surface area contributed by atoms with Crippen molar-refractivity contribution in [2.45, 2.75) is 63.1 Å². The van der Waals surface area contributed by atoms with Crippen LogP contribution < -0.4 is 5.32 Å². The van der Waals surface area contributed by atoms with Gasteiger partial charge in [0.25, 0.3) is 0 Å². The molecule has 2 saturated carbocycles. The second-order valence-corrected chi connectivity index (χ2v) is 5.64. The standard InChI is InChI=1S/C13H20N4O2/c18-12-4-2-1-3-10(12)14-13(19)8-17-7-11(15-16-17)9-5-6-9/h7,9-10,12,18H,1-6,8H2,(H,14,19). The summed E-state index contributed by atoms with van der Waals surface area (Å²) in [5, 5.41) is 20.8. The summed E-state index contributed by atoms with van der Waals surface area (Å²) in [6.07, 6.45) is 7.55. The summed E-state index contributed by atoms with van der Waals surface area (Å²) >= 11 is 0. The van der Waals surface area contributed by atoms with Crippen molar-refractivity contribution in [3.8, 4) is 0 Å². The van der Waals surface area contributed by atoms with E-state index in [0.717, 1.165) is 31.4 Å². The van der Waals surface area contributed by atoms with E-state index >= 15 is 0 Å². The molecule has 0 saturated heterocycles. The fourth-order valence-corrected chi connectivity index (χ4v) is 2.64. The highest BCUT2D eigenvalue weighted by Crippen LogP contribution is 2.38. The third kappa shape index (κ3) is 3.12. The van der Waals surface area contributed by atoms with Gasteiger partial charge in [0, 0.05) is 12.1 Å². The molecule has 2 aliphatic rings. The van der Waals surface area contributed by atoms with E-state index in [1.54, 1.807) is 4.68 Å². The largest absolute Gasteiger partial charge is 0.391 e. The first-order valence-corrected chi connectivity index (χ1v) is 7.10. The fourth-order valence-electron chi connectivity index (χ4n) is 2.64. The van der Waals surface area contributed by atoms with Gasteiger partial charge < -0.3 is 10.4 Å². The Labute approximate surface area is 112 Å². The van der Waals surface area contributed by atoms with Gasteiger partial charge in [-0.1, -0.05) is 18.1 Å². The smallest absolute Gasteiger partial charge is 0.242 e. The summed E-state index contributed by atoms with van der Waals surface area (Å²) < 4.78 is 1.58. The predicted molar refractivity (Wildman–Crippen MR) is 68.4 cm³/mol. The second-order valence-electron chi connectivity index (χ2n) is 5.64. The van der Waals surface area contributed by atoms with Crippen LogP contribution in [-0.4, -0.2) is 38.2 Å². The van der Waals surface area contributed by atoms with Gasteiger partial charge in [-0.2, -0.15) is 0 Å². The molecule has 0 aromatic carbocycles. The first-order valence-electron chi connectivity index (χ1n) is 7.10. The topological polar surface area (TPSA) is 80.0 Å². The Kier molecular flexibility index (Phi) is 3.50. The molecular formula is C13H20N4O2. The van der Waals surface area contributed by atoms with Crippen LogP contribution >= 0.6 is 0 Å². The van der Waals surface area contributed by atoms with Crippen molar-refractivity contribution >= 4 is 5.91 Å². The summed E-state index contributed by atoms with van der Waals surface area (Å²) in [6.45, 7) is 0.183. The number of carbonyl (C=O) groups excluding carboxylic acids is 1. The van der Waals surface area contributed by atoms with Crippen molar-refractivity contribution in [1.82, 2.24) is 20.3 Å². The van der Waals surface area contributed by atoms with Gasteiger partial charge in [0.05, 0.1) is 17.8 Å². The Bertz CT molecular complexity index is 455. The molecule has 0 radical (unpaired) electrons. The molecule has 2 aliphatic carbocycles. The number of aromatic nitrogens is 3. The van der Waals surface area contributed by atoms with E-state index in [0.29, 0.717) is 5.92 Å². The highest BCUT2D eigenvalue weighted by molar-refractivity contribution is 5.76. The molecule has 1 heterocycles. The number of hydrogen-bond donors (Lipinski definition) is 2. The summed E-state index contributed by atoms with van der Waals surface area (Å²) in [4.78, 5) is 11.9. The first kappa shape index (κ1) is 12.6. The molecule has 0 spiro atoms. The molecule has 2 fully saturated rings. The highest BCUT2D eigenvalue weighted by atomic mass is 16.3. The van der Waals surface area contributed by atoms with E-state index in [2.05, 4.69) is 15.6 Å². The van der Waals surface area contributed by atoms with Gasteiger partial charge in [-0.3, -0.25) is 4.79 Å². The van der Waals surface area contributed by atoms with Crippen molar-refractivity contribution in [3.63, 3.8) is 0 Å². The lowest BCUT2D eigenvalue weighted by Gasteiger charge is -2.28. The van der Waals surface area contributed by atoms with Crippen LogP contribution in [0.15, 0.2) is 6.20 Å². The van der Waals surface area contributed by atoms with Crippen LogP contribution in [0, 0.1) is 0 Å². The zero-order valence-corrected chi connectivity index (χ0v) is 11.0. The maximum atomic E-state index is 11.9. The number of nitrogens with one attached hydrogen (secondary N) is 1. The maximum absolute atomic E-state index is 11.9. The van der Waals surface area contributed by atoms with E-state index < -0.39 is 6.10 Å². The minimum atomic E-state index is -0.407. The normalized spacial score (nSPS) is 27.2. The molecule has 6 nitrogen and oxygen atoms in total. The van der Waals surface area contributed by atoms with Gasteiger partial charge in [0.2, 0.25) is 5.91 Å². The molecule has 2 N–H and O–H groups in total. The molecule has 1 aromatic heterocycles. The van der Waals surface area contributed by atoms with E-state index in [1.807, 2.05) is 6.20 Å². The van der Waals surface area contributed by atoms with E-state index in [-0.39, 0.29) is 18.5 Å². The van der Waals surface area contributed by atoms with Crippen LogP contribution in [0.1, 0.15) is 50.1 Å². The van der Waals surface area contributed by atoms with Crippen molar-refractivity contribution < 1.29 is 9.90 Å². The first-order chi connectivity index (χ1) is 9.22. The van der Waals surface area contributed by atoms with Crippen molar-refractivity contribution in [2.24, 2.45) is 0 Å². The molecule has 3 rings (SSSR count). The Hall–Kier alpha value is -1.43. The van der Waals surface area contributed by atoms with Crippen molar-refractivity contribution in [1.29, 1.82) is 0 Å². The summed E-state index contributed by atoms with van der Waals surface area (Å²) in [5.74, 6) is 0.454. The number of amides is 1. The van der Waals surface area contributed by atoms with Gasteiger partial charge in [0.15, 0.2) is 0 Å². The minimum absolute atomic E-state index is 0.0989. The molecule has 2 unspecified atom stereocenters. The molecule has 19 heavy (non-hydrogen) atoms. The lowest BCUT2D eigenvalue weighted by Crippen LogP contribution is -2.46. The number of aliphatic hydroxyl groups excluding tert-OH is 1. The van der Waals surface area contributed by atoms with E-state index in [9.17, 15) is 9.90 Å². The van der Waals surface area contributed by atoms with Crippen molar-refractivity contribution in [3.05, 3.63) is 11.9 Å². The van der Waals surface area contributed by atoms with Crippen LogP contribution in [0.3, 0.4) is 0 Å². The highest BCUT2D eigenvalue weighted by Gasteiger charge is 2.27. The number of nitrogens with zero attached hydrogens (tertiary/aromatic N) is 3. The minimum Gasteiger partial charge on any atom is -0.391 e. The molecular weight excluding hydrogens is 244 g/mol. The molecule has 1 amide bonds. The summed E-state index contributed by atoms with van der Waals surface area (Å²) in [5.41, 5.74) is 0.991. The lowest BCUT2D eigenvalue weighted by atomic mass is 9.92. The number of rotatable bonds is 4. The van der Waals surface area contributed by atoms with Crippen LogP contribution in [0.4, 0.5) is 0 Å². The number of carbonyl (C=O) groups is 1. The monoisotopic (exact) mass is 264 g/mol.